The minimum absolute atomic E-state index is 0.0147. The number of fused-ring (bicyclic) bond motifs is 2. The number of aldehydes is 1. The molecule has 1 saturated heterocycles. The molecule has 0 radical (unpaired) electrons. The Labute approximate surface area is 313 Å². The number of aromatic nitrogens is 2. The maximum absolute atomic E-state index is 14.2. The highest BCUT2D eigenvalue weighted by molar-refractivity contribution is 6.06. The molecule has 1 saturated carbocycles. The molecule has 55 heavy (non-hydrogen) atoms. The molecular formula is C38H40F3N7O7. The predicted octanol–water partition coefficient (Wildman–Crippen LogP) is 4.66. The van der Waals surface area contributed by atoms with Crippen molar-refractivity contribution >= 4 is 47.4 Å². The first kappa shape index (κ1) is 37.6. The average molecular weight is 764 g/mol. The number of hydrogen-bond donors (Lipinski definition) is 4. The highest BCUT2D eigenvalue weighted by Gasteiger charge is 2.46. The number of nitrogens with two attached hydrogens (primary N) is 1. The molecule has 3 aromatic rings. The number of nitrogens with one attached hydrogen (secondary N) is 3. The van der Waals surface area contributed by atoms with Gasteiger partial charge in [-0.05, 0) is 80.7 Å². The quantitative estimate of drug-likeness (QED) is 0.186. The summed E-state index contributed by atoms with van der Waals surface area (Å²) < 4.78 is 49.5. The van der Waals surface area contributed by atoms with Gasteiger partial charge >= 0.3 is 12.3 Å². The van der Waals surface area contributed by atoms with Crippen molar-refractivity contribution < 1.29 is 46.7 Å². The Kier molecular flexibility index (Phi) is 9.67. The summed E-state index contributed by atoms with van der Waals surface area (Å²) in [5, 5.41) is 12.3. The van der Waals surface area contributed by atoms with E-state index in [2.05, 4.69) is 21.0 Å². The van der Waals surface area contributed by atoms with E-state index in [4.69, 9.17) is 10.5 Å². The zero-order valence-electron chi connectivity index (χ0n) is 30.1. The van der Waals surface area contributed by atoms with Crippen molar-refractivity contribution in [2.45, 2.75) is 96.1 Å². The van der Waals surface area contributed by atoms with Crippen molar-refractivity contribution in [1.82, 2.24) is 20.0 Å². The van der Waals surface area contributed by atoms with Gasteiger partial charge in [0.15, 0.2) is 5.69 Å². The minimum Gasteiger partial charge on any atom is -0.446 e. The van der Waals surface area contributed by atoms with Crippen molar-refractivity contribution in [3.63, 3.8) is 0 Å². The molecule has 2 fully saturated rings. The highest BCUT2D eigenvalue weighted by Crippen LogP contribution is 2.44. The molecule has 2 aromatic carbocycles. The van der Waals surface area contributed by atoms with E-state index in [-0.39, 0.29) is 61.2 Å². The van der Waals surface area contributed by atoms with Crippen LogP contribution in [-0.4, -0.2) is 68.9 Å². The van der Waals surface area contributed by atoms with Gasteiger partial charge in [-0.15, -0.1) is 0 Å². The zero-order valence-corrected chi connectivity index (χ0v) is 30.1. The summed E-state index contributed by atoms with van der Waals surface area (Å²) in [6, 6.07) is 8.36. The lowest BCUT2D eigenvalue weighted by molar-refractivity contribution is -0.142. The number of benzene rings is 2. The molecule has 5 N–H and O–H groups in total. The number of anilines is 2. The van der Waals surface area contributed by atoms with E-state index in [1.54, 1.807) is 24.3 Å². The molecule has 2 atom stereocenters. The Balaban J connectivity index is 1.01. The van der Waals surface area contributed by atoms with Crippen LogP contribution in [-0.2, 0) is 44.7 Å². The van der Waals surface area contributed by atoms with E-state index < -0.39 is 53.3 Å². The van der Waals surface area contributed by atoms with Crippen LogP contribution in [0.15, 0.2) is 36.4 Å². The fraction of sp³-hybridized carbons (Fsp3) is 0.447. The third-order valence-corrected chi connectivity index (χ3v) is 11.2. The van der Waals surface area contributed by atoms with Gasteiger partial charge in [0.2, 0.25) is 11.8 Å². The number of primary amides is 1. The Morgan fingerprint density at radius 1 is 1.04 bits per heavy atom. The lowest BCUT2D eigenvalue weighted by Gasteiger charge is -2.35. The van der Waals surface area contributed by atoms with E-state index in [9.17, 15) is 41.9 Å². The van der Waals surface area contributed by atoms with Gasteiger partial charge in [-0.3, -0.25) is 29.8 Å². The van der Waals surface area contributed by atoms with Gasteiger partial charge in [0.05, 0.1) is 11.3 Å². The molecule has 17 heteroatoms. The van der Waals surface area contributed by atoms with Crippen LogP contribution in [0.3, 0.4) is 0 Å². The van der Waals surface area contributed by atoms with Crippen LogP contribution in [0.2, 0.25) is 0 Å². The van der Waals surface area contributed by atoms with Gasteiger partial charge in [-0.2, -0.15) is 18.3 Å². The fourth-order valence-corrected chi connectivity index (χ4v) is 8.15. The number of carbonyl (C=O) groups is 6. The van der Waals surface area contributed by atoms with E-state index in [1.165, 1.54) is 21.7 Å². The number of piperidine rings is 1. The number of rotatable bonds is 8. The molecule has 2 unspecified atom stereocenters. The van der Waals surface area contributed by atoms with Crippen LogP contribution in [0.4, 0.5) is 29.3 Å². The Morgan fingerprint density at radius 2 is 1.78 bits per heavy atom. The molecule has 5 amide bonds. The lowest BCUT2D eigenvalue weighted by atomic mass is 9.68. The van der Waals surface area contributed by atoms with E-state index >= 15 is 0 Å². The third-order valence-electron chi connectivity index (χ3n) is 11.2. The van der Waals surface area contributed by atoms with Crippen LogP contribution < -0.4 is 21.7 Å². The van der Waals surface area contributed by atoms with Gasteiger partial charge in [0.25, 0.3) is 11.8 Å². The minimum atomic E-state index is -4.74. The molecule has 0 spiro atoms. The van der Waals surface area contributed by atoms with Crippen molar-refractivity contribution in [3.8, 4) is 5.69 Å². The number of amides is 5. The van der Waals surface area contributed by atoms with E-state index in [0.717, 1.165) is 0 Å². The molecule has 3 heterocycles. The fourth-order valence-electron chi connectivity index (χ4n) is 8.15. The molecule has 2 aliphatic carbocycles. The van der Waals surface area contributed by atoms with Gasteiger partial charge < -0.3 is 25.5 Å². The summed E-state index contributed by atoms with van der Waals surface area (Å²) in [6.45, 7) is 3.75. The molecular weight excluding hydrogens is 723 g/mol. The lowest BCUT2D eigenvalue weighted by Crippen LogP contribution is -2.52. The predicted molar refractivity (Wildman–Crippen MR) is 190 cm³/mol. The van der Waals surface area contributed by atoms with Gasteiger partial charge in [0, 0.05) is 58.7 Å². The smallest absolute Gasteiger partial charge is 0.435 e. The maximum atomic E-state index is 14.2. The SMILES string of the molecule is CC1(C)Cc2c(c(C(F)(F)F)nn2-c2ccc(C(N)=O)c(N[C@H]3CC[C@H](OC(=O)Nc4cccc5c4CN(C4CCC(=O)NC4=O)C5=O)CC3)c2)CC1C=O. The third kappa shape index (κ3) is 7.26. The second-order valence-corrected chi connectivity index (χ2v) is 15.3. The molecule has 14 nitrogen and oxygen atoms in total. The maximum Gasteiger partial charge on any atom is 0.435 e. The molecule has 2 aliphatic heterocycles. The summed E-state index contributed by atoms with van der Waals surface area (Å²) in [4.78, 5) is 75.9. The number of halogens is 3. The second kappa shape index (κ2) is 14.2. The van der Waals surface area contributed by atoms with Crippen molar-refractivity contribution in [3.05, 3.63) is 70.0 Å². The molecule has 290 valence electrons. The van der Waals surface area contributed by atoms with Gasteiger partial charge in [-0.25, -0.2) is 9.48 Å². The van der Waals surface area contributed by atoms with Crippen molar-refractivity contribution in [1.29, 1.82) is 0 Å². The summed E-state index contributed by atoms with van der Waals surface area (Å²) >= 11 is 0. The number of alkyl halides is 3. The zero-order chi connectivity index (χ0) is 39.4. The summed E-state index contributed by atoms with van der Waals surface area (Å²) in [5.41, 5.74) is 6.38. The first-order valence-corrected chi connectivity index (χ1v) is 18.1. The van der Waals surface area contributed by atoms with Crippen LogP contribution in [0.5, 0.6) is 0 Å². The Bertz CT molecular complexity index is 2110. The van der Waals surface area contributed by atoms with Gasteiger partial charge in [-0.1, -0.05) is 19.9 Å². The highest BCUT2D eigenvalue weighted by atomic mass is 19.4. The van der Waals surface area contributed by atoms with E-state index in [0.29, 0.717) is 65.9 Å². The number of nitrogens with zero attached hydrogens (tertiary/aromatic N) is 3. The van der Waals surface area contributed by atoms with Crippen molar-refractivity contribution in [2.24, 2.45) is 17.1 Å². The average Bonchev–Trinajstić information content (AvgIpc) is 3.66. The standard InChI is InChI=1S/C38H40F3N7O7/c1-37(2)16-30-25(14-19(37)18-49)32(38(39,40)41)46-48(30)21-8-11-24(33(42)51)28(15-21)43-20-6-9-22(10-7-20)55-36(54)44-27-5-3-4-23-26(27)17-47(35(23)53)29-12-13-31(50)45-34(29)52/h3-5,8,11,15,18-20,22,29,43H,6-7,9-10,12-14,16-17H2,1-2H3,(H2,42,51)(H,44,54)(H,45,50,52)/t19?,20-,22-,29?. The number of hydrogen-bond acceptors (Lipinski definition) is 9. The van der Waals surface area contributed by atoms with Gasteiger partial charge in [0.1, 0.15) is 18.4 Å². The van der Waals surface area contributed by atoms with Crippen LogP contribution in [0, 0.1) is 11.3 Å². The van der Waals surface area contributed by atoms with Crippen LogP contribution in [0.1, 0.15) is 95.6 Å². The van der Waals surface area contributed by atoms with Crippen LogP contribution >= 0.6 is 0 Å². The second-order valence-electron chi connectivity index (χ2n) is 15.3. The van der Waals surface area contributed by atoms with Crippen molar-refractivity contribution in [2.75, 3.05) is 10.6 Å². The Hall–Kier alpha value is -5.74. The topological polar surface area (TPSA) is 195 Å². The summed E-state index contributed by atoms with van der Waals surface area (Å²) in [7, 11) is 0. The summed E-state index contributed by atoms with van der Waals surface area (Å²) in [6.07, 6.45) is -2.84. The van der Waals surface area contributed by atoms with E-state index in [1.807, 2.05) is 13.8 Å². The Morgan fingerprint density at radius 3 is 2.45 bits per heavy atom. The number of imide groups is 1. The number of ether oxygens (including phenoxy) is 1. The first-order chi connectivity index (χ1) is 26.0. The molecule has 4 aliphatic rings. The molecule has 1 aromatic heterocycles. The molecule has 0 bridgehead atoms. The monoisotopic (exact) mass is 763 g/mol. The largest absolute Gasteiger partial charge is 0.446 e. The van der Waals surface area contributed by atoms with Crippen LogP contribution in [0.25, 0.3) is 5.69 Å². The molecule has 7 rings (SSSR count). The number of carbonyl (C=O) groups excluding carboxylic acids is 6. The first-order valence-electron chi connectivity index (χ1n) is 18.1. The normalized spacial score (nSPS) is 23.4. The summed E-state index contributed by atoms with van der Waals surface area (Å²) in [5.74, 6) is -2.64.